The number of anilines is 2. The van der Waals surface area contributed by atoms with E-state index in [4.69, 9.17) is 0 Å². The van der Waals surface area contributed by atoms with Gasteiger partial charge in [0.05, 0.1) is 17.3 Å². The molecule has 0 aromatic heterocycles. The lowest BCUT2D eigenvalue weighted by molar-refractivity contribution is -0.119. The maximum atomic E-state index is 12.1. The summed E-state index contributed by atoms with van der Waals surface area (Å²) in [5, 5.41) is 8.74. The van der Waals surface area contributed by atoms with Crippen molar-refractivity contribution in [3.05, 3.63) is 22.7 Å². The molecule has 0 saturated carbocycles. The molecule has 2 amide bonds. The molecular weight excluding hydrogens is 346 g/mol. The lowest BCUT2D eigenvalue weighted by Crippen LogP contribution is -2.25. The fourth-order valence-electron chi connectivity index (χ4n) is 2.03. The fraction of sp³-hybridized carbons (Fsp3) is 0.385. The Kier molecular flexibility index (Phi) is 6.45. The van der Waals surface area contributed by atoms with Gasteiger partial charge in [-0.05, 0) is 31.2 Å². The topological polar surface area (TPSA) is 70.2 Å². The predicted octanol–water partition coefficient (Wildman–Crippen LogP) is 2.38. The van der Waals surface area contributed by atoms with Crippen molar-refractivity contribution in [1.82, 2.24) is 5.32 Å². The molecule has 110 valence electrons. The highest BCUT2D eigenvalue weighted by atomic mass is 79.9. The van der Waals surface area contributed by atoms with E-state index in [1.54, 1.807) is 12.1 Å². The zero-order valence-corrected chi connectivity index (χ0v) is 13.4. The van der Waals surface area contributed by atoms with Crippen LogP contribution in [-0.2, 0) is 9.59 Å². The van der Waals surface area contributed by atoms with E-state index < -0.39 is 0 Å². The number of benzene rings is 1. The Balaban J connectivity index is 0.00000200. The maximum absolute atomic E-state index is 12.1. The number of carbonyl (C=O) groups is 2. The van der Waals surface area contributed by atoms with Crippen LogP contribution in [0.25, 0.3) is 0 Å². The first kappa shape index (κ1) is 16.9. The van der Waals surface area contributed by atoms with Gasteiger partial charge in [-0.1, -0.05) is 15.9 Å². The molecular formula is C13H17BrClN3O2. The van der Waals surface area contributed by atoms with Crippen LogP contribution in [0.15, 0.2) is 22.7 Å². The molecule has 3 N–H and O–H groups in total. The third-order valence-electron chi connectivity index (χ3n) is 2.98. The Labute approximate surface area is 132 Å². The molecule has 0 radical (unpaired) electrons. The molecule has 1 unspecified atom stereocenters. The number of hydrogen-bond donors (Lipinski definition) is 3. The van der Waals surface area contributed by atoms with Crippen LogP contribution < -0.4 is 16.0 Å². The average Bonchev–Trinajstić information content (AvgIpc) is 2.86. The van der Waals surface area contributed by atoms with Crippen LogP contribution in [0.3, 0.4) is 0 Å². The third kappa shape index (κ3) is 4.47. The van der Waals surface area contributed by atoms with Crippen LogP contribution in [-0.4, -0.2) is 24.9 Å². The zero-order chi connectivity index (χ0) is 13.8. The molecule has 7 heteroatoms. The van der Waals surface area contributed by atoms with E-state index in [1.807, 2.05) is 6.07 Å². The van der Waals surface area contributed by atoms with E-state index in [9.17, 15) is 9.59 Å². The van der Waals surface area contributed by atoms with Gasteiger partial charge in [-0.25, -0.2) is 0 Å². The van der Waals surface area contributed by atoms with Gasteiger partial charge in [0, 0.05) is 17.9 Å². The summed E-state index contributed by atoms with van der Waals surface area (Å²) < 4.78 is 0.849. The van der Waals surface area contributed by atoms with Crippen molar-refractivity contribution < 1.29 is 9.59 Å². The van der Waals surface area contributed by atoms with Gasteiger partial charge in [-0.3, -0.25) is 9.59 Å². The smallest absolute Gasteiger partial charge is 0.228 e. The first-order valence-corrected chi connectivity index (χ1v) is 6.94. The minimum atomic E-state index is -0.166. The number of hydrogen-bond acceptors (Lipinski definition) is 3. The van der Waals surface area contributed by atoms with Crippen molar-refractivity contribution in [2.45, 2.75) is 13.3 Å². The molecule has 0 spiro atoms. The molecule has 1 saturated heterocycles. The quantitative estimate of drug-likeness (QED) is 0.773. The average molecular weight is 363 g/mol. The largest absolute Gasteiger partial charge is 0.325 e. The summed E-state index contributed by atoms with van der Waals surface area (Å²) in [6.07, 6.45) is 0.843. The fourth-order valence-corrected chi connectivity index (χ4v) is 2.39. The summed E-state index contributed by atoms with van der Waals surface area (Å²) in [7, 11) is 0. The Morgan fingerprint density at radius 1 is 1.30 bits per heavy atom. The zero-order valence-electron chi connectivity index (χ0n) is 11.0. The van der Waals surface area contributed by atoms with E-state index in [0.717, 1.165) is 17.4 Å². The normalized spacial score (nSPS) is 17.2. The van der Waals surface area contributed by atoms with Gasteiger partial charge in [0.15, 0.2) is 0 Å². The van der Waals surface area contributed by atoms with Crippen molar-refractivity contribution in [3.8, 4) is 0 Å². The first-order valence-electron chi connectivity index (χ1n) is 6.15. The molecule has 1 aromatic carbocycles. The molecule has 1 aliphatic rings. The third-order valence-corrected chi connectivity index (χ3v) is 3.47. The number of amides is 2. The van der Waals surface area contributed by atoms with Crippen LogP contribution in [0.2, 0.25) is 0 Å². The second-order valence-electron chi connectivity index (χ2n) is 4.55. The minimum absolute atomic E-state index is 0. The monoisotopic (exact) mass is 361 g/mol. The van der Waals surface area contributed by atoms with Crippen molar-refractivity contribution >= 4 is 51.5 Å². The standard InChI is InChI=1S/C13H16BrN3O2.ClH/c1-8(18)16-11-3-2-10(14)6-12(11)17-13(19)9-4-5-15-7-9;/h2-3,6,9,15H,4-5,7H2,1H3,(H,16,18)(H,17,19);1H. The number of nitrogens with one attached hydrogen (secondary N) is 3. The molecule has 2 rings (SSSR count). The van der Waals surface area contributed by atoms with Crippen LogP contribution in [0, 0.1) is 5.92 Å². The van der Waals surface area contributed by atoms with Gasteiger partial charge < -0.3 is 16.0 Å². The maximum Gasteiger partial charge on any atom is 0.228 e. The Morgan fingerprint density at radius 3 is 2.65 bits per heavy atom. The van der Waals surface area contributed by atoms with Crippen LogP contribution in [0.4, 0.5) is 11.4 Å². The molecule has 0 bridgehead atoms. The lowest BCUT2D eigenvalue weighted by Gasteiger charge is -2.14. The molecule has 1 fully saturated rings. The van der Waals surface area contributed by atoms with Crippen LogP contribution >= 0.6 is 28.3 Å². The Bertz CT molecular complexity index is 504. The van der Waals surface area contributed by atoms with E-state index in [2.05, 4.69) is 31.9 Å². The van der Waals surface area contributed by atoms with Gasteiger partial charge in [0.1, 0.15) is 0 Å². The lowest BCUT2D eigenvalue weighted by atomic mass is 10.1. The van der Waals surface area contributed by atoms with Crippen molar-refractivity contribution in [3.63, 3.8) is 0 Å². The number of rotatable bonds is 3. The molecule has 5 nitrogen and oxygen atoms in total. The first-order chi connectivity index (χ1) is 9.06. The summed E-state index contributed by atoms with van der Waals surface area (Å²) >= 11 is 3.36. The van der Waals surface area contributed by atoms with Crippen molar-refractivity contribution in [2.24, 2.45) is 5.92 Å². The van der Waals surface area contributed by atoms with Crippen LogP contribution in [0.1, 0.15) is 13.3 Å². The summed E-state index contributed by atoms with van der Waals surface area (Å²) in [5.74, 6) is -0.195. The summed E-state index contributed by atoms with van der Waals surface area (Å²) in [4.78, 5) is 23.2. The second-order valence-corrected chi connectivity index (χ2v) is 5.47. The SMILES string of the molecule is CC(=O)Nc1ccc(Br)cc1NC(=O)C1CCNC1.Cl. The molecule has 1 aliphatic heterocycles. The van der Waals surface area contributed by atoms with Crippen LogP contribution in [0.5, 0.6) is 0 Å². The predicted molar refractivity (Wildman–Crippen MR) is 85.3 cm³/mol. The Hall–Kier alpha value is -1.11. The van der Waals surface area contributed by atoms with E-state index in [0.29, 0.717) is 17.9 Å². The van der Waals surface area contributed by atoms with Crippen molar-refractivity contribution in [1.29, 1.82) is 0 Å². The molecule has 0 aliphatic carbocycles. The number of halogens is 2. The van der Waals surface area contributed by atoms with Gasteiger partial charge >= 0.3 is 0 Å². The van der Waals surface area contributed by atoms with Gasteiger partial charge in [-0.2, -0.15) is 0 Å². The highest BCUT2D eigenvalue weighted by Crippen LogP contribution is 2.27. The van der Waals surface area contributed by atoms with Crippen molar-refractivity contribution in [2.75, 3.05) is 23.7 Å². The van der Waals surface area contributed by atoms with E-state index in [-0.39, 0.29) is 30.1 Å². The second kappa shape index (κ2) is 7.61. The highest BCUT2D eigenvalue weighted by Gasteiger charge is 2.23. The molecule has 1 aromatic rings. The van der Waals surface area contributed by atoms with E-state index >= 15 is 0 Å². The van der Waals surface area contributed by atoms with Gasteiger partial charge in [0.2, 0.25) is 11.8 Å². The summed E-state index contributed by atoms with van der Waals surface area (Å²) in [6, 6.07) is 5.36. The van der Waals surface area contributed by atoms with Gasteiger partial charge in [0.25, 0.3) is 0 Å². The Morgan fingerprint density at radius 2 is 2.05 bits per heavy atom. The molecule has 20 heavy (non-hydrogen) atoms. The molecule has 1 heterocycles. The summed E-state index contributed by atoms with van der Waals surface area (Å²) in [6.45, 7) is 3.01. The highest BCUT2D eigenvalue weighted by molar-refractivity contribution is 9.10. The van der Waals surface area contributed by atoms with E-state index in [1.165, 1.54) is 6.92 Å². The summed E-state index contributed by atoms with van der Waals surface area (Å²) in [5.41, 5.74) is 1.22. The van der Waals surface area contributed by atoms with Gasteiger partial charge in [-0.15, -0.1) is 12.4 Å². The minimum Gasteiger partial charge on any atom is -0.325 e. The number of carbonyl (C=O) groups excluding carboxylic acids is 2. The molecule has 1 atom stereocenters.